The summed E-state index contributed by atoms with van der Waals surface area (Å²) in [5.41, 5.74) is -1.03. The number of aliphatic hydroxyl groups excluding tert-OH is 1. The standard InChI is InChI=1S/C13H17F3O/c1-9-5-4-6-11(7-9)12(3,8-10(2)17)13(14,15)16/h4-7,10,17H,8H2,1-3H3. The molecule has 1 N–H and O–H groups in total. The number of aryl methyl sites for hydroxylation is 1. The Balaban J connectivity index is 3.24. The highest BCUT2D eigenvalue weighted by Gasteiger charge is 2.52. The van der Waals surface area contributed by atoms with Crippen LogP contribution in [0.1, 0.15) is 31.4 Å². The second kappa shape index (κ2) is 4.69. The van der Waals surface area contributed by atoms with Gasteiger partial charge in [-0.05, 0) is 32.8 Å². The van der Waals surface area contributed by atoms with Crippen LogP contribution in [-0.2, 0) is 5.41 Å². The Morgan fingerprint density at radius 2 is 1.88 bits per heavy atom. The van der Waals surface area contributed by atoms with Crippen molar-refractivity contribution in [2.24, 2.45) is 0 Å². The molecule has 0 fully saturated rings. The van der Waals surface area contributed by atoms with Gasteiger partial charge in [-0.25, -0.2) is 0 Å². The van der Waals surface area contributed by atoms with Crippen LogP contribution in [0, 0.1) is 6.92 Å². The minimum atomic E-state index is -4.38. The van der Waals surface area contributed by atoms with Crippen LogP contribution in [0.4, 0.5) is 13.2 Å². The predicted octanol–water partition coefficient (Wildman–Crippen LogP) is 3.59. The molecule has 0 saturated carbocycles. The average molecular weight is 246 g/mol. The fourth-order valence-corrected chi connectivity index (χ4v) is 1.98. The van der Waals surface area contributed by atoms with Crippen LogP contribution in [0.2, 0.25) is 0 Å². The van der Waals surface area contributed by atoms with Crippen molar-refractivity contribution in [3.63, 3.8) is 0 Å². The zero-order chi connectivity index (χ0) is 13.3. The molecule has 1 aromatic carbocycles. The Morgan fingerprint density at radius 1 is 1.29 bits per heavy atom. The van der Waals surface area contributed by atoms with E-state index < -0.39 is 17.7 Å². The summed E-state index contributed by atoms with van der Waals surface area (Å²) in [5.74, 6) is 0. The van der Waals surface area contributed by atoms with E-state index in [2.05, 4.69) is 0 Å². The molecular weight excluding hydrogens is 229 g/mol. The van der Waals surface area contributed by atoms with Gasteiger partial charge in [0.15, 0.2) is 0 Å². The Bertz CT molecular complexity index is 384. The van der Waals surface area contributed by atoms with Crippen LogP contribution in [0.5, 0.6) is 0 Å². The van der Waals surface area contributed by atoms with E-state index in [0.29, 0.717) is 0 Å². The van der Waals surface area contributed by atoms with Crippen molar-refractivity contribution in [2.75, 3.05) is 0 Å². The van der Waals surface area contributed by atoms with Crippen molar-refractivity contribution in [3.8, 4) is 0 Å². The summed E-state index contributed by atoms with van der Waals surface area (Å²) in [6.45, 7) is 4.26. The fraction of sp³-hybridized carbons (Fsp3) is 0.538. The first-order valence-electron chi connectivity index (χ1n) is 5.49. The van der Waals surface area contributed by atoms with E-state index in [0.717, 1.165) is 12.5 Å². The molecule has 0 aliphatic rings. The molecule has 1 rings (SSSR count). The number of hydrogen-bond acceptors (Lipinski definition) is 1. The summed E-state index contributed by atoms with van der Waals surface area (Å²) in [6.07, 6.45) is -5.71. The van der Waals surface area contributed by atoms with E-state index in [1.54, 1.807) is 19.1 Å². The van der Waals surface area contributed by atoms with Crippen LogP contribution in [0.3, 0.4) is 0 Å². The summed E-state index contributed by atoms with van der Waals surface area (Å²) in [5, 5.41) is 9.28. The monoisotopic (exact) mass is 246 g/mol. The Hall–Kier alpha value is -1.03. The quantitative estimate of drug-likeness (QED) is 0.864. The highest BCUT2D eigenvalue weighted by molar-refractivity contribution is 5.30. The van der Waals surface area contributed by atoms with E-state index in [1.807, 2.05) is 0 Å². The molecule has 0 aliphatic heterocycles. The lowest BCUT2D eigenvalue weighted by Gasteiger charge is -2.33. The van der Waals surface area contributed by atoms with E-state index in [4.69, 9.17) is 0 Å². The Morgan fingerprint density at radius 3 is 2.29 bits per heavy atom. The molecule has 0 spiro atoms. The maximum absolute atomic E-state index is 13.2. The summed E-state index contributed by atoms with van der Waals surface area (Å²) in [6, 6.07) is 6.35. The molecular formula is C13H17F3O. The van der Waals surface area contributed by atoms with Gasteiger partial charge < -0.3 is 5.11 Å². The van der Waals surface area contributed by atoms with Crippen molar-refractivity contribution >= 4 is 0 Å². The summed E-state index contributed by atoms with van der Waals surface area (Å²) in [7, 11) is 0. The topological polar surface area (TPSA) is 20.2 Å². The lowest BCUT2D eigenvalue weighted by Crippen LogP contribution is -2.42. The van der Waals surface area contributed by atoms with Gasteiger partial charge in [-0.3, -0.25) is 0 Å². The first-order valence-corrected chi connectivity index (χ1v) is 5.49. The minimum Gasteiger partial charge on any atom is -0.393 e. The largest absolute Gasteiger partial charge is 0.398 e. The van der Waals surface area contributed by atoms with Crippen molar-refractivity contribution in [3.05, 3.63) is 35.4 Å². The number of hydrogen-bond donors (Lipinski definition) is 1. The molecule has 0 heterocycles. The van der Waals surface area contributed by atoms with Crippen LogP contribution >= 0.6 is 0 Å². The lowest BCUT2D eigenvalue weighted by molar-refractivity contribution is -0.192. The third kappa shape index (κ3) is 3.00. The first-order chi connectivity index (χ1) is 7.67. The van der Waals surface area contributed by atoms with Gasteiger partial charge in [0.2, 0.25) is 0 Å². The van der Waals surface area contributed by atoms with Gasteiger partial charge in [-0.1, -0.05) is 29.8 Å². The number of rotatable bonds is 3. The molecule has 0 saturated heterocycles. The molecule has 0 radical (unpaired) electrons. The predicted molar refractivity (Wildman–Crippen MR) is 60.9 cm³/mol. The summed E-state index contributed by atoms with van der Waals surface area (Å²) < 4.78 is 39.5. The van der Waals surface area contributed by atoms with Gasteiger partial charge in [0, 0.05) is 0 Å². The Kier molecular flexibility index (Phi) is 3.87. The molecule has 1 nitrogen and oxygen atoms in total. The number of halogens is 3. The number of alkyl halides is 3. The van der Waals surface area contributed by atoms with Crippen molar-refractivity contribution in [1.82, 2.24) is 0 Å². The van der Waals surface area contributed by atoms with Crippen molar-refractivity contribution in [2.45, 2.75) is 44.9 Å². The number of benzene rings is 1. The molecule has 0 aliphatic carbocycles. The van der Waals surface area contributed by atoms with Crippen LogP contribution in [0.25, 0.3) is 0 Å². The van der Waals surface area contributed by atoms with Gasteiger partial charge in [0.05, 0.1) is 11.5 Å². The summed E-state index contributed by atoms with van der Waals surface area (Å²) >= 11 is 0. The van der Waals surface area contributed by atoms with Crippen LogP contribution < -0.4 is 0 Å². The molecule has 0 amide bonds. The molecule has 2 atom stereocenters. The van der Waals surface area contributed by atoms with Crippen LogP contribution in [0.15, 0.2) is 24.3 Å². The van der Waals surface area contributed by atoms with Crippen molar-refractivity contribution < 1.29 is 18.3 Å². The van der Waals surface area contributed by atoms with Gasteiger partial charge in [-0.15, -0.1) is 0 Å². The van der Waals surface area contributed by atoms with E-state index in [1.165, 1.54) is 19.1 Å². The maximum atomic E-state index is 13.2. The molecule has 2 unspecified atom stereocenters. The fourth-order valence-electron chi connectivity index (χ4n) is 1.98. The van der Waals surface area contributed by atoms with E-state index in [9.17, 15) is 18.3 Å². The molecule has 96 valence electrons. The number of aliphatic hydroxyl groups is 1. The van der Waals surface area contributed by atoms with Gasteiger partial charge in [0.1, 0.15) is 0 Å². The van der Waals surface area contributed by atoms with E-state index in [-0.39, 0.29) is 12.0 Å². The molecule has 1 aromatic rings. The highest BCUT2D eigenvalue weighted by Crippen LogP contribution is 2.44. The zero-order valence-electron chi connectivity index (χ0n) is 10.2. The minimum absolute atomic E-state index is 0.200. The zero-order valence-corrected chi connectivity index (χ0v) is 10.2. The Labute approximate surface area is 99.3 Å². The molecule has 17 heavy (non-hydrogen) atoms. The van der Waals surface area contributed by atoms with Gasteiger partial charge in [0.25, 0.3) is 0 Å². The van der Waals surface area contributed by atoms with E-state index >= 15 is 0 Å². The molecule has 0 bridgehead atoms. The first kappa shape index (κ1) is 14.0. The van der Waals surface area contributed by atoms with Gasteiger partial charge >= 0.3 is 6.18 Å². The smallest absolute Gasteiger partial charge is 0.393 e. The third-order valence-electron chi connectivity index (χ3n) is 2.98. The van der Waals surface area contributed by atoms with Crippen molar-refractivity contribution in [1.29, 1.82) is 0 Å². The third-order valence-corrected chi connectivity index (χ3v) is 2.98. The SMILES string of the molecule is Cc1cccc(C(C)(CC(C)O)C(F)(F)F)c1. The van der Waals surface area contributed by atoms with Crippen LogP contribution in [-0.4, -0.2) is 17.4 Å². The lowest BCUT2D eigenvalue weighted by atomic mass is 9.77. The summed E-state index contributed by atoms with van der Waals surface area (Å²) in [4.78, 5) is 0. The molecule has 4 heteroatoms. The average Bonchev–Trinajstić information content (AvgIpc) is 2.14. The normalized spacial score (nSPS) is 17.6. The highest BCUT2D eigenvalue weighted by atomic mass is 19.4. The second-order valence-corrected chi connectivity index (χ2v) is 4.75. The maximum Gasteiger partial charge on any atom is 0.398 e. The molecule has 0 aromatic heterocycles. The second-order valence-electron chi connectivity index (χ2n) is 4.75. The van der Waals surface area contributed by atoms with Gasteiger partial charge in [-0.2, -0.15) is 13.2 Å².